The van der Waals surface area contributed by atoms with Crippen LogP contribution in [0.25, 0.3) is 0 Å². The number of alkyl halides is 2. The van der Waals surface area contributed by atoms with Gasteiger partial charge in [0, 0.05) is 0 Å². The van der Waals surface area contributed by atoms with Crippen molar-refractivity contribution in [3.8, 4) is 0 Å². The Balaban J connectivity index is 2.59. The van der Waals surface area contributed by atoms with E-state index in [1.807, 2.05) is 0 Å². The van der Waals surface area contributed by atoms with Gasteiger partial charge in [0.1, 0.15) is 12.7 Å². The van der Waals surface area contributed by atoms with Crippen molar-refractivity contribution in [1.29, 1.82) is 0 Å². The first-order chi connectivity index (χ1) is 4.79. The lowest BCUT2D eigenvalue weighted by atomic mass is 11.1. The first-order valence-electron chi connectivity index (χ1n) is 2.36. The van der Waals surface area contributed by atoms with E-state index in [1.54, 1.807) is 0 Å². The van der Waals surface area contributed by atoms with E-state index in [0.29, 0.717) is 11.8 Å². The molecule has 1 aromatic rings. The Labute approximate surface area is 59.9 Å². The second-order valence-electron chi connectivity index (χ2n) is 1.30. The Morgan fingerprint density at radius 2 is 1.90 bits per heavy atom. The number of hydrogen-bond acceptors (Lipinski definition) is 4. The lowest BCUT2D eigenvalue weighted by molar-refractivity contribution is 0.251. The van der Waals surface area contributed by atoms with Gasteiger partial charge in [-0.1, -0.05) is 0 Å². The fraction of sp³-hybridized carbons (Fsp3) is 0.250. The quantitative estimate of drug-likeness (QED) is 0.614. The molecule has 1 rings (SSSR count). The number of nitrogens with zero attached hydrogens (tertiary/aromatic N) is 3. The van der Waals surface area contributed by atoms with E-state index < -0.39 is 5.76 Å². The largest absolute Gasteiger partial charge is 0.291 e. The van der Waals surface area contributed by atoms with Crippen molar-refractivity contribution in [2.45, 2.75) is 10.9 Å². The van der Waals surface area contributed by atoms with Crippen molar-refractivity contribution >= 4 is 11.8 Å². The van der Waals surface area contributed by atoms with Crippen molar-refractivity contribution in [1.82, 2.24) is 15.0 Å². The van der Waals surface area contributed by atoms with Gasteiger partial charge in [-0.3, -0.25) is 0 Å². The lowest BCUT2D eigenvalue weighted by Crippen LogP contribution is -1.89. The van der Waals surface area contributed by atoms with Crippen LogP contribution in [0.4, 0.5) is 8.78 Å². The number of aromatic nitrogens is 3. The molecule has 0 atom stereocenters. The zero-order chi connectivity index (χ0) is 7.40. The number of rotatable bonds is 2. The van der Waals surface area contributed by atoms with Gasteiger partial charge in [-0.15, -0.1) is 0 Å². The Hall–Kier alpha value is -0.780. The maximum atomic E-state index is 11.6. The molecule has 54 valence electrons. The highest BCUT2D eigenvalue weighted by atomic mass is 32.2. The maximum Gasteiger partial charge on any atom is 0.291 e. The molecular formula is C4H3F2N3S. The Morgan fingerprint density at radius 1 is 1.30 bits per heavy atom. The molecule has 3 nitrogen and oxygen atoms in total. The van der Waals surface area contributed by atoms with Crippen LogP contribution in [-0.4, -0.2) is 20.7 Å². The van der Waals surface area contributed by atoms with Gasteiger partial charge in [0.25, 0.3) is 5.76 Å². The summed E-state index contributed by atoms with van der Waals surface area (Å²) in [4.78, 5) is 10.4. The van der Waals surface area contributed by atoms with Gasteiger partial charge in [-0.2, -0.15) is 8.78 Å². The van der Waals surface area contributed by atoms with Crippen LogP contribution in [-0.2, 0) is 0 Å². The van der Waals surface area contributed by atoms with E-state index in [2.05, 4.69) is 15.0 Å². The van der Waals surface area contributed by atoms with Gasteiger partial charge in [-0.25, -0.2) is 15.0 Å². The number of halogens is 2. The Morgan fingerprint density at radius 3 is 2.40 bits per heavy atom. The van der Waals surface area contributed by atoms with Gasteiger partial charge < -0.3 is 0 Å². The van der Waals surface area contributed by atoms with Gasteiger partial charge in [-0.05, 0) is 11.8 Å². The zero-order valence-corrected chi connectivity index (χ0v) is 5.55. The summed E-state index contributed by atoms with van der Waals surface area (Å²) >= 11 is 0.303. The molecule has 0 unspecified atom stereocenters. The van der Waals surface area contributed by atoms with Crippen molar-refractivity contribution in [2.24, 2.45) is 0 Å². The molecule has 0 fully saturated rings. The third-order valence-corrected chi connectivity index (χ3v) is 1.26. The molecular weight excluding hydrogens is 160 g/mol. The number of thioether (sulfide) groups is 1. The average molecular weight is 163 g/mol. The van der Waals surface area contributed by atoms with E-state index in [0.717, 1.165) is 0 Å². The second-order valence-corrected chi connectivity index (χ2v) is 2.26. The summed E-state index contributed by atoms with van der Waals surface area (Å²) in [5.74, 6) is -2.47. The average Bonchev–Trinajstić information content (AvgIpc) is 1.88. The molecule has 0 saturated carbocycles. The molecule has 0 aliphatic carbocycles. The summed E-state index contributed by atoms with van der Waals surface area (Å²) in [5.41, 5.74) is 0. The van der Waals surface area contributed by atoms with E-state index in [4.69, 9.17) is 0 Å². The molecule has 0 spiro atoms. The van der Waals surface area contributed by atoms with Gasteiger partial charge in [0.15, 0.2) is 5.16 Å². The van der Waals surface area contributed by atoms with Crippen molar-refractivity contribution in [3.05, 3.63) is 12.7 Å². The first kappa shape index (κ1) is 7.33. The normalized spacial score (nSPS) is 10.3. The smallest absolute Gasteiger partial charge is 0.225 e. The summed E-state index contributed by atoms with van der Waals surface area (Å²) in [6, 6.07) is 0. The molecule has 0 amide bonds. The molecule has 6 heteroatoms. The van der Waals surface area contributed by atoms with Gasteiger partial charge in [0.05, 0.1) is 0 Å². The maximum absolute atomic E-state index is 11.6. The monoisotopic (exact) mass is 163 g/mol. The summed E-state index contributed by atoms with van der Waals surface area (Å²) in [7, 11) is 0. The first-order valence-corrected chi connectivity index (χ1v) is 3.24. The minimum Gasteiger partial charge on any atom is -0.225 e. The minimum atomic E-state index is -2.47. The minimum absolute atomic E-state index is 0.0463. The van der Waals surface area contributed by atoms with E-state index in [9.17, 15) is 8.78 Å². The second kappa shape index (κ2) is 3.40. The lowest BCUT2D eigenvalue weighted by Gasteiger charge is -1.93. The molecule has 0 radical (unpaired) electrons. The molecule has 0 bridgehead atoms. The third kappa shape index (κ3) is 2.22. The van der Waals surface area contributed by atoms with Crippen LogP contribution in [0.3, 0.4) is 0 Å². The van der Waals surface area contributed by atoms with Crippen LogP contribution in [0.5, 0.6) is 0 Å². The van der Waals surface area contributed by atoms with Gasteiger partial charge >= 0.3 is 0 Å². The molecule has 0 saturated heterocycles. The molecule has 0 aliphatic heterocycles. The van der Waals surface area contributed by atoms with E-state index >= 15 is 0 Å². The zero-order valence-electron chi connectivity index (χ0n) is 4.74. The van der Waals surface area contributed by atoms with Crippen LogP contribution < -0.4 is 0 Å². The highest BCUT2D eigenvalue weighted by Crippen LogP contribution is 2.19. The van der Waals surface area contributed by atoms with Crippen LogP contribution in [0.2, 0.25) is 0 Å². The fourth-order valence-electron chi connectivity index (χ4n) is 0.369. The van der Waals surface area contributed by atoms with Crippen LogP contribution in [0.1, 0.15) is 0 Å². The van der Waals surface area contributed by atoms with Crippen molar-refractivity contribution in [3.63, 3.8) is 0 Å². The SMILES string of the molecule is FC(F)Sc1ncncn1. The summed E-state index contributed by atoms with van der Waals surface area (Å²) in [5, 5.41) is 0.0463. The van der Waals surface area contributed by atoms with Crippen molar-refractivity contribution < 1.29 is 8.78 Å². The predicted molar refractivity (Wildman–Crippen MR) is 31.7 cm³/mol. The molecule has 0 aliphatic rings. The molecule has 1 heterocycles. The number of hydrogen-bond donors (Lipinski definition) is 0. The summed E-state index contributed by atoms with van der Waals surface area (Å²) in [6.07, 6.45) is 2.36. The van der Waals surface area contributed by atoms with Crippen LogP contribution >= 0.6 is 11.8 Å². The Kier molecular flexibility index (Phi) is 2.49. The molecule has 1 aromatic heterocycles. The van der Waals surface area contributed by atoms with E-state index in [-0.39, 0.29) is 5.16 Å². The van der Waals surface area contributed by atoms with Crippen LogP contribution in [0, 0.1) is 0 Å². The standard InChI is InChI=1S/C4H3F2N3S/c5-3(6)10-4-8-1-7-2-9-4/h1-3H. The summed E-state index contributed by atoms with van der Waals surface area (Å²) in [6.45, 7) is 0. The van der Waals surface area contributed by atoms with Gasteiger partial charge in [0.2, 0.25) is 0 Å². The molecule has 0 N–H and O–H groups in total. The van der Waals surface area contributed by atoms with Crippen LogP contribution in [0.15, 0.2) is 17.8 Å². The highest BCUT2D eigenvalue weighted by Gasteiger charge is 2.05. The fourth-order valence-corrected chi connectivity index (χ4v) is 0.744. The third-order valence-electron chi connectivity index (χ3n) is 0.664. The highest BCUT2D eigenvalue weighted by molar-refractivity contribution is 7.99. The Bertz CT molecular complexity index is 193. The van der Waals surface area contributed by atoms with E-state index in [1.165, 1.54) is 12.7 Å². The predicted octanol–water partition coefficient (Wildman–Crippen LogP) is 1.19. The topological polar surface area (TPSA) is 38.7 Å². The summed E-state index contributed by atoms with van der Waals surface area (Å²) < 4.78 is 23.2. The molecule has 10 heavy (non-hydrogen) atoms. The molecule has 0 aromatic carbocycles. The van der Waals surface area contributed by atoms with Crippen molar-refractivity contribution in [2.75, 3.05) is 0 Å².